The summed E-state index contributed by atoms with van der Waals surface area (Å²) in [6.45, 7) is 5.15. The van der Waals surface area contributed by atoms with Crippen molar-refractivity contribution in [2.24, 2.45) is 0 Å². The number of benzene rings is 1. The van der Waals surface area contributed by atoms with Crippen LogP contribution in [0.15, 0.2) is 18.2 Å². The molecule has 0 aliphatic heterocycles. The zero-order valence-corrected chi connectivity index (χ0v) is 10.6. The van der Waals surface area contributed by atoms with E-state index in [0.29, 0.717) is 5.56 Å². The van der Waals surface area contributed by atoms with Gasteiger partial charge in [0.25, 0.3) is 5.91 Å². The van der Waals surface area contributed by atoms with E-state index in [4.69, 9.17) is 4.74 Å². The average Bonchev–Trinajstić information content (AvgIpc) is 2.32. The molecule has 4 nitrogen and oxygen atoms in total. The lowest BCUT2D eigenvalue weighted by molar-refractivity contribution is -0.144. The first kappa shape index (κ1) is 14.2. The molecule has 1 atom stereocenters. The molecule has 1 N–H and O–H groups in total. The molecule has 1 amide bonds. The molecule has 0 spiro atoms. The Balaban J connectivity index is 2.76. The molecule has 0 saturated heterocycles. The zero-order valence-electron chi connectivity index (χ0n) is 10.6. The van der Waals surface area contributed by atoms with Gasteiger partial charge in [0.05, 0.1) is 6.61 Å². The minimum absolute atomic E-state index is 0.214. The highest BCUT2D eigenvalue weighted by atomic mass is 19.1. The molecule has 18 heavy (non-hydrogen) atoms. The van der Waals surface area contributed by atoms with Crippen molar-refractivity contribution in [3.63, 3.8) is 0 Å². The van der Waals surface area contributed by atoms with Crippen LogP contribution in [0.4, 0.5) is 4.39 Å². The molecule has 0 radical (unpaired) electrons. The SMILES string of the molecule is CCOC(=O)C(C)NC(=O)c1cc(F)ccc1C. The molecule has 0 heterocycles. The van der Waals surface area contributed by atoms with Gasteiger partial charge in [-0.2, -0.15) is 0 Å². The van der Waals surface area contributed by atoms with Gasteiger partial charge >= 0.3 is 5.97 Å². The van der Waals surface area contributed by atoms with Crippen molar-refractivity contribution < 1.29 is 18.7 Å². The summed E-state index contributed by atoms with van der Waals surface area (Å²) in [6.07, 6.45) is 0. The summed E-state index contributed by atoms with van der Waals surface area (Å²) >= 11 is 0. The highest BCUT2D eigenvalue weighted by molar-refractivity contribution is 5.97. The van der Waals surface area contributed by atoms with Gasteiger partial charge < -0.3 is 10.1 Å². The third kappa shape index (κ3) is 3.55. The quantitative estimate of drug-likeness (QED) is 0.833. The maximum atomic E-state index is 13.1. The molecule has 1 unspecified atom stereocenters. The molecule has 1 rings (SSSR count). The number of hydrogen-bond donors (Lipinski definition) is 1. The van der Waals surface area contributed by atoms with Gasteiger partial charge in [-0.15, -0.1) is 0 Å². The van der Waals surface area contributed by atoms with Gasteiger partial charge in [0.1, 0.15) is 11.9 Å². The van der Waals surface area contributed by atoms with E-state index in [1.54, 1.807) is 13.8 Å². The van der Waals surface area contributed by atoms with Crippen molar-refractivity contribution in [2.45, 2.75) is 26.8 Å². The van der Waals surface area contributed by atoms with Crippen LogP contribution in [0.25, 0.3) is 0 Å². The van der Waals surface area contributed by atoms with Crippen molar-refractivity contribution >= 4 is 11.9 Å². The van der Waals surface area contributed by atoms with Crippen LogP contribution >= 0.6 is 0 Å². The fraction of sp³-hybridized carbons (Fsp3) is 0.385. The first-order chi connectivity index (χ1) is 8.45. The Labute approximate surface area is 105 Å². The maximum absolute atomic E-state index is 13.1. The standard InChI is InChI=1S/C13H16FNO3/c1-4-18-13(17)9(3)15-12(16)11-7-10(14)6-5-8(11)2/h5-7,9H,4H2,1-3H3,(H,15,16). The van der Waals surface area contributed by atoms with Crippen molar-refractivity contribution in [1.82, 2.24) is 5.32 Å². The van der Waals surface area contributed by atoms with Gasteiger partial charge in [-0.25, -0.2) is 9.18 Å². The number of nitrogens with one attached hydrogen (secondary N) is 1. The number of aryl methyl sites for hydroxylation is 1. The highest BCUT2D eigenvalue weighted by Crippen LogP contribution is 2.10. The largest absolute Gasteiger partial charge is 0.464 e. The van der Waals surface area contributed by atoms with Crippen LogP contribution in [0.5, 0.6) is 0 Å². The molecule has 1 aromatic carbocycles. The number of hydrogen-bond acceptors (Lipinski definition) is 3. The summed E-state index contributed by atoms with van der Waals surface area (Å²) in [5.74, 6) is -1.50. The van der Waals surface area contributed by atoms with E-state index in [1.165, 1.54) is 19.1 Å². The first-order valence-corrected chi connectivity index (χ1v) is 5.69. The van der Waals surface area contributed by atoms with E-state index in [1.807, 2.05) is 0 Å². The summed E-state index contributed by atoms with van der Waals surface area (Å²) in [6, 6.07) is 3.17. The Kier molecular flexibility index (Phi) is 4.83. The van der Waals surface area contributed by atoms with Gasteiger partial charge in [0, 0.05) is 5.56 Å². The summed E-state index contributed by atoms with van der Waals surface area (Å²) in [5, 5.41) is 2.47. The molecule has 5 heteroatoms. The number of esters is 1. The van der Waals surface area contributed by atoms with Gasteiger partial charge in [-0.05, 0) is 38.5 Å². The van der Waals surface area contributed by atoms with E-state index >= 15 is 0 Å². The third-order valence-corrected chi connectivity index (χ3v) is 2.43. The van der Waals surface area contributed by atoms with Crippen LogP contribution in [0.3, 0.4) is 0 Å². The second kappa shape index (κ2) is 6.14. The topological polar surface area (TPSA) is 55.4 Å². The van der Waals surface area contributed by atoms with Crippen molar-refractivity contribution in [1.29, 1.82) is 0 Å². The van der Waals surface area contributed by atoms with Gasteiger partial charge in [0.15, 0.2) is 0 Å². The van der Waals surface area contributed by atoms with Gasteiger partial charge in [0.2, 0.25) is 0 Å². The number of carbonyl (C=O) groups is 2. The molecular weight excluding hydrogens is 237 g/mol. The molecule has 0 aliphatic rings. The normalized spacial score (nSPS) is 11.8. The van der Waals surface area contributed by atoms with E-state index in [-0.39, 0.29) is 12.2 Å². The Morgan fingerprint density at radius 2 is 2.11 bits per heavy atom. The number of amides is 1. The Bertz CT molecular complexity index is 460. The van der Waals surface area contributed by atoms with E-state index in [2.05, 4.69) is 5.32 Å². The summed E-state index contributed by atoms with van der Waals surface area (Å²) in [5.41, 5.74) is 0.858. The molecule has 1 aromatic rings. The lowest BCUT2D eigenvalue weighted by Gasteiger charge is -2.13. The maximum Gasteiger partial charge on any atom is 0.328 e. The van der Waals surface area contributed by atoms with Crippen LogP contribution < -0.4 is 5.32 Å². The van der Waals surface area contributed by atoms with Crippen molar-refractivity contribution in [2.75, 3.05) is 6.61 Å². The highest BCUT2D eigenvalue weighted by Gasteiger charge is 2.18. The van der Waals surface area contributed by atoms with Crippen molar-refractivity contribution in [3.8, 4) is 0 Å². The predicted octanol–water partition coefficient (Wildman–Crippen LogP) is 1.82. The minimum atomic E-state index is -0.764. The second-order valence-corrected chi connectivity index (χ2v) is 3.91. The summed E-state index contributed by atoms with van der Waals surface area (Å²) in [7, 11) is 0. The Hall–Kier alpha value is -1.91. The third-order valence-electron chi connectivity index (χ3n) is 2.43. The van der Waals surface area contributed by atoms with Crippen LogP contribution in [0, 0.1) is 12.7 Å². The molecule has 0 aromatic heterocycles. The average molecular weight is 253 g/mol. The molecule has 0 bridgehead atoms. The Morgan fingerprint density at radius 1 is 1.44 bits per heavy atom. The molecule has 0 saturated carbocycles. The lowest BCUT2D eigenvalue weighted by Crippen LogP contribution is -2.39. The van der Waals surface area contributed by atoms with E-state index in [9.17, 15) is 14.0 Å². The number of ether oxygens (including phenoxy) is 1. The smallest absolute Gasteiger partial charge is 0.328 e. The molecule has 98 valence electrons. The molecular formula is C13H16FNO3. The second-order valence-electron chi connectivity index (χ2n) is 3.91. The monoisotopic (exact) mass is 253 g/mol. The zero-order chi connectivity index (χ0) is 13.7. The van der Waals surface area contributed by atoms with Gasteiger partial charge in [-0.1, -0.05) is 6.07 Å². The van der Waals surface area contributed by atoms with Crippen LogP contribution in [-0.2, 0) is 9.53 Å². The number of halogens is 1. The Morgan fingerprint density at radius 3 is 2.72 bits per heavy atom. The molecule has 0 fully saturated rings. The van der Waals surface area contributed by atoms with E-state index < -0.39 is 23.7 Å². The summed E-state index contributed by atoms with van der Waals surface area (Å²) in [4.78, 5) is 23.2. The van der Waals surface area contributed by atoms with Crippen molar-refractivity contribution in [3.05, 3.63) is 35.1 Å². The fourth-order valence-electron chi connectivity index (χ4n) is 1.44. The van der Waals surface area contributed by atoms with Crippen LogP contribution in [0.1, 0.15) is 29.8 Å². The van der Waals surface area contributed by atoms with Crippen LogP contribution in [-0.4, -0.2) is 24.5 Å². The summed E-state index contributed by atoms with van der Waals surface area (Å²) < 4.78 is 17.8. The number of rotatable bonds is 4. The first-order valence-electron chi connectivity index (χ1n) is 5.69. The van der Waals surface area contributed by atoms with E-state index in [0.717, 1.165) is 6.07 Å². The minimum Gasteiger partial charge on any atom is -0.464 e. The fourth-order valence-corrected chi connectivity index (χ4v) is 1.44. The lowest BCUT2D eigenvalue weighted by atomic mass is 10.1. The van der Waals surface area contributed by atoms with Crippen LogP contribution in [0.2, 0.25) is 0 Å². The number of carbonyl (C=O) groups excluding carboxylic acids is 2. The predicted molar refractivity (Wildman–Crippen MR) is 64.7 cm³/mol. The van der Waals surface area contributed by atoms with Gasteiger partial charge in [-0.3, -0.25) is 4.79 Å². The molecule has 0 aliphatic carbocycles.